The number of aromatic nitrogens is 3. The Morgan fingerprint density at radius 1 is 1.04 bits per heavy atom. The van der Waals surface area contributed by atoms with E-state index in [1.165, 1.54) is 0 Å². The van der Waals surface area contributed by atoms with Gasteiger partial charge in [-0.2, -0.15) is 4.90 Å². The highest BCUT2D eigenvalue weighted by molar-refractivity contribution is 6.37. The number of rotatable bonds is 2. The van der Waals surface area contributed by atoms with Crippen molar-refractivity contribution in [1.82, 2.24) is 15.2 Å². The van der Waals surface area contributed by atoms with E-state index in [4.69, 9.17) is 39.5 Å². The first-order valence-electron chi connectivity index (χ1n) is 7.08. The van der Waals surface area contributed by atoms with Gasteiger partial charge >= 0.3 is 6.09 Å². The fraction of sp³-hybridized carbons (Fsp3) is 0.267. The lowest BCUT2D eigenvalue weighted by Gasteiger charge is -2.18. The smallest absolute Gasteiger partial charge is 0.423 e. The molecule has 0 bridgehead atoms. The van der Waals surface area contributed by atoms with E-state index in [1.807, 2.05) is 0 Å². The molecule has 25 heavy (non-hydrogen) atoms. The summed E-state index contributed by atoms with van der Waals surface area (Å²) < 4.78 is 5.26. The zero-order valence-corrected chi connectivity index (χ0v) is 15.6. The number of imide groups is 1. The first-order valence-corrected chi connectivity index (χ1v) is 8.21. The Hall–Kier alpha value is -1.96. The van der Waals surface area contributed by atoms with Crippen LogP contribution in [0.15, 0.2) is 6.33 Å². The molecule has 2 aromatic rings. The van der Waals surface area contributed by atoms with Crippen LogP contribution in [-0.4, -0.2) is 27.2 Å². The summed E-state index contributed by atoms with van der Waals surface area (Å²) in [5, 5.41) is 7.91. The topological polar surface area (TPSA) is 85.3 Å². The van der Waals surface area contributed by atoms with Crippen LogP contribution >= 0.6 is 34.8 Å². The second-order valence-electron chi connectivity index (χ2n) is 5.43. The fourth-order valence-electron chi connectivity index (χ4n) is 2.75. The minimum atomic E-state index is -1.21. The van der Waals surface area contributed by atoms with E-state index in [9.17, 15) is 9.59 Å². The van der Waals surface area contributed by atoms with Gasteiger partial charge in [0.25, 0.3) is 5.91 Å². The average molecular weight is 402 g/mol. The van der Waals surface area contributed by atoms with Crippen molar-refractivity contribution in [2.75, 3.05) is 4.90 Å². The van der Waals surface area contributed by atoms with Crippen molar-refractivity contribution < 1.29 is 14.3 Å². The first kappa shape index (κ1) is 17.8. The number of amides is 2. The van der Waals surface area contributed by atoms with Gasteiger partial charge in [0.2, 0.25) is 11.9 Å². The molecule has 0 spiro atoms. The maximum atomic E-state index is 12.8. The van der Waals surface area contributed by atoms with Crippen molar-refractivity contribution in [3.63, 3.8) is 0 Å². The van der Waals surface area contributed by atoms with E-state index in [0.717, 1.165) is 6.33 Å². The highest BCUT2D eigenvalue weighted by Gasteiger charge is 2.46. The number of hydrogen-bond donors (Lipinski definition) is 0. The maximum Gasteiger partial charge on any atom is 0.423 e. The van der Waals surface area contributed by atoms with Gasteiger partial charge in [-0.3, -0.25) is 4.79 Å². The number of hydrogen-bond acceptors (Lipinski definition) is 6. The standard InChI is InChI=1S/C15H11Cl3N4O3/c1-5-8(6(2)10(17)7(3)9(5)16)11-14(23)22(15(24)25-11)13-12(18)19-4-20-21-13/h4,11H,1-3H3. The normalized spacial score (nSPS) is 17.2. The zero-order chi connectivity index (χ0) is 18.5. The third-order valence-corrected chi connectivity index (χ3v) is 5.41. The molecule has 0 N–H and O–H groups in total. The molecule has 1 aliphatic rings. The molecule has 1 saturated heterocycles. The van der Waals surface area contributed by atoms with Crippen LogP contribution in [0.25, 0.3) is 0 Å². The van der Waals surface area contributed by atoms with E-state index < -0.39 is 18.1 Å². The Labute approximate surface area is 157 Å². The van der Waals surface area contributed by atoms with Gasteiger partial charge in [0, 0.05) is 15.6 Å². The highest BCUT2D eigenvalue weighted by atomic mass is 35.5. The summed E-state index contributed by atoms with van der Waals surface area (Å²) in [5.74, 6) is -0.863. The molecule has 2 amide bonds. The Balaban J connectivity index is 2.12. The van der Waals surface area contributed by atoms with Gasteiger partial charge in [-0.15, -0.1) is 10.2 Å². The SMILES string of the molecule is Cc1c(Cl)c(C)c(C2OC(=O)N(c3nncnc3Cl)C2=O)c(C)c1Cl. The maximum absolute atomic E-state index is 12.8. The Morgan fingerprint density at radius 3 is 2.20 bits per heavy atom. The lowest BCUT2D eigenvalue weighted by molar-refractivity contribution is -0.122. The number of nitrogens with zero attached hydrogens (tertiary/aromatic N) is 4. The molecule has 0 aliphatic carbocycles. The monoisotopic (exact) mass is 400 g/mol. The number of cyclic esters (lactones) is 1. The summed E-state index contributed by atoms with van der Waals surface area (Å²) in [6.07, 6.45) is -1.03. The summed E-state index contributed by atoms with van der Waals surface area (Å²) in [5.41, 5.74) is 2.35. The number of anilines is 1. The lowest BCUT2D eigenvalue weighted by Crippen LogP contribution is -2.31. The van der Waals surface area contributed by atoms with Crippen molar-refractivity contribution in [3.05, 3.63) is 43.8 Å². The predicted octanol–water partition coefficient (Wildman–Crippen LogP) is 3.98. The van der Waals surface area contributed by atoms with E-state index >= 15 is 0 Å². The summed E-state index contributed by atoms with van der Waals surface area (Å²) in [6, 6.07) is 0. The quantitative estimate of drug-likeness (QED) is 0.756. The molecular weight excluding hydrogens is 391 g/mol. The van der Waals surface area contributed by atoms with Crippen molar-refractivity contribution >= 4 is 52.6 Å². The van der Waals surface area contributed by atoms with Gasteiger partial charge in [-0.05, 0) is 37.5 Å². The Bertz CT molecular complexity index is 890. The second-order valence-corrected chi connectivity index (χ2v) is 6.54. The average Bonchev–Trinajstić information content (AvgIpc) is 2.87. The molecule has 1 fully saturated rings. The van der Waals surface area contributed by atoms with E-state index in [2.05, 4.69) is 15.2 Å². The Kier molecular flexibility index (Phi) is 4.57. The molecule has 1 atom stereocenters. The number of carbonyl (C=O) groups is 2. The van der Waals surface area contributed by atoms with E-state index in [-0.39, 0.29) is 11.0 Å². The molecule has 1 aromatic carbocycles. The number of carbonyl (C=O) groups excluding carboxylic acids is 2. The van der Waals surface area contributed by atoms with Crippen LogP contribution < -0.4 is 4.90 Å². The Morgan fingerprint density at radius 2 is 1.64 bits per heavy atom. The molecule has 0 radical (unpaired) electrons. The molecule has 10 heteroatoms. The van der Waals surface area contributed by atoms with Gasteiger partial charge in [-0.1, -0.05) is 34.8 Å². The molecule has 1 unspecified atom stereocenters. The molecule has 0 saturated carbocycles. The summed E-state index contributed by atoms with van der Waals surface area (Å²) >= 11 is 18.5. The molecule has 1 aromatic heterocycles. The van der Waals surface area contributed by atoms with Gasteiger partial charge in [0.05, 0.1) is 0 Å². The highest BCUT2D eigenvalue weighted by Crippen LogP contribution is 2.41. The fourth-order valence-corrected chi connectivity index (χ4v) is 3.35. The molecular formula is C15H11Cl3N4O3. The second kappa shape index (κ2) is 6.40. The van der Waals surface area contributed by atoms with Crippen LogP contribution in [-0.2, 0) is 9.53 Å². The van der Waals surface area contributed by atoms with Crippen LogP contribution in [0.3, 0.4) is 0 Å². The minimum absolute atomic E-state index is 0.144. The van der Waals surface area contributed by atoms with Crippen LogP contribution in [0.2, 0.25) is 15.2 Å². The van der Waals surface area contributed by atoms with E-state index in [0.29, 0.717) is 37.2 Å². The van der Waals surface area contributed by atoms with Gasteiger partial charge in [0.1, 0.15) is 6.33 Å². The largest absolute Gasteiger partial charge is 0.430 e. The summed E-state index contributed by atoms with van der Waals surface area (Å²) in [7, 11) is 0. The summed E-state index contributed by atoms with van der Waals surface area (Å²) in [6.45, 7) is 5.23. The van der Waals surface area contributed by atoms with Crippen LogP contribution in [0.5, 0.6) is 0 Å². The number of ether oxygens (including phenoxy) is 1. The third-order valence-electron chi connectivity index (χ3n) is 4.00. The minimum Gasteiger partial charge on any atom is -0.430 e. The molecule has 7 nitrogen and oxygen atoms in total. The lowest BCUT2D eigenvalue weighted by atomic mass is 9.94. The van der Waals surface area contributed by atoms with Gasteiger partial charge in [0.15, 0.2) is 5.15 Å². The van der Waals surface area contributed by atoms with Crippen molar-refractivity contribution in [2.24, 2.45) is 0 Å². The van der Waals surface area contributed by atoms with E-state index in [1.54, 1.807) is 20.8 Å². The van der Waals surface area contributed by atoms with Gasteiger partial charge in [-0.25, -0.2) is 9.78 Å². The molecule has 130 valence electrons. The molecule has 3 rings (SSSR count). The molecule has 2 heterocycles. The number of benzene rings is 1. The zero-order valence-electron chi connectivity index (χ0n) is 13.3. The predicted molar refractivity (Wildman–Crippen MR) is 92.2 cm³/mol. The molecule has 1 aliphatic heterocycles. The van der Waals surface area contributed by atoms with Crippen molar-refractivity contribution in [3.8, 4) is 0 Å². The van der Waals surface area contributed by atoms with Crippen molar-refractivity contribution in [2.45, 2.75) is 26.9 Å². The van der Waals surface area contributed by atoms with Crippen LogP contribution in [0.4, 0.5) is 10.6 Å². The van der Waals surface area contributed by atoms with Crippen LogP contribution in [0.1, 0.15) is 28.4 Å². The number of halogens is 3. The summed E-state index contributed by atoms with van der Waals surface area (Å²) in [4.78, 5) is 29.5. The third kappa shape index (κ3) is 2.72. The van der Waals surface area contributed by atoms with Crippen LogP contribution in [0, 0.1) is 20.8 Å². The van der Waals surface area contributed by atoms with Gasteiger partial charge < -0.3 is 4.74 Å². The first-order chi connectivity index (χ1) is 11.8. The van der Waals surface area contributed by atoms with Crippen molar-refractivity contribution in [1.29, 1.82) is 0 Å².